The first-order chi connectivity index (χ1) is 5.07. The van der Waals surface area contributed by atoms with Gasteiger partial charge in [-0.25, -0.2) is 0 Å². The van der Waals surface area contributed by atoms with Crippen molar-refractivity contribution in [1.29, 1.82) is 0 Å². The van der Waals surface area contributed by atoms with Gasteiger partial charge in [-0.2, -0.15) is 0 Å². The summed E-state index contributed by atoms with van der Waals surface area (Å²) in [6.45, 7) is 1.94. The Balaban J connectivity index is 2.94. The van der Waals surface area contributed by atoms with E-state index in [-0.39, 0.29) is 11.2 Å². The fourth-order valence-electron chi connectivity index (χ4n) is 0.963. The van der Waals surface area contributed by atoms with Crippen molar-refractivity contribution in [1.82, 2.24) is 0 Å². The quantitative estimate of drug-likeness (QED) is 0.504. The molecule has 0 fully saturated rings. The molecule has 0 aromatic carbocycles. The number of hydrogen-bond donors (Lipinski definition) is 0. The van der Waals surface area contributed by atoms with Gasteiger partial charge in [-0.05, 0) is 11.6 Å². The topological polar surface area (TPSA) is 17.1 Å². The van der Waals surface area contributed by atoms with Crippen LogP contribution in [0.2, 0.25) is 0 Å². The molecule has 3 heteroatoms. The predicted octanol–water partition coefficient (Wildman–Crippen LogP) is 2.65. The maximum absolute atomic E-state index is 11.0. The van der Waals surface area contributed by atoms with E-state index in [0.717, 1.165) is 0 Å². The summed E-state index contributed by atoms with van der Waals surface area (Å²) in [7, 11) is 0. The molecule has 0 heterocycles. The zero-order valence-corrected chi connectivity index (χ0v) is 8.39. The third-order valence-corrected chi connectivity index (χ3v) is 3.70. The molecule has 0 radical (unpaired) electrons. The van der Waals surface area contributed by atoms with Crippen LogP contribution in [0.4, 0.5) is 0 Å². The number of hydrogen-bond acceptors (Lipinski definition) is 1. The van der Waals surface area contributed by atoms with Crippen molar-refractivity contribution in [2.24, 2.45) is 5.92 Å². The molecule has 2 atom stereocenters. The van der Waals surface area contributed by atoms with Crippen LogP contribution in [0.1, 0.15) is 6.92 Å². The van der Waals surface area contributed by atoms with Crippen LogP contribution >= 0.6 is 27.5 Å². The lowest BCUT2D eigenvalue weighted by Gasteiger charge is -2.26. The van der Waals surface area contributed by atoms with E-state index in [0.29, 0.717) is 0 Å². The SMILES string of the molecule is CC1C=CC=CC1(Br)C(=O)Cl. The first kappa shape index (κ1) is 9.01. The normalized spacial score (nSPS) is 35.7. The molecule has 2 unspecified atom stereocenters. The first-order valence-corrected chi connectivity index (χ1v) is 4.49. The van der Waals surface area contributed by atoms with Crippen LogP contribution in [0.25, 0.3) is 0 Å². The average molecular weight is 236 g/mol. The number of carbonyl (C=O) groups is 1. The Labute approximate surface area is 79.2 Å². The second-order valence-corrected chi connectivity index (χ2v) is 4.23. The fourth-order valence-corrected chi connectivity index (χ4v) is 1.50. The second-order valence-electron chi connectivity index (χ2n) is 2.57. The standard InChI is InChI=1S/C8H8BrClO/c1-6-4-2-3-5-8(6,9)7(10)11/h2-6H,1H3. The van der Waals surface area contributed by atoms with Crippen LogP contribution in [-0.4, -0.2) is 9.57 Å². The lowest BCUT2D eigenvalue weighted by molar-refractivity contribution is -0.113. The van der Waals surface area contributed by atoms with Crippen LogP contribution in [0.15, 0.2) is 24.3 Å². The van der Waals surface area contributed by atoms with E-state index in [1.807, 2.05) is 25.2 Å². The Morgan fingerprint density at radius 2 is 2.27 bits per heavy atom. The van der Waals surface area contributed by atoms with Gasteiger partial charge in [0.25, 0.3) is 0 Å². The van der Waals surface area contributed by atoms with E-state index in [9.17, 15) is 4.79 Å². The summed E-state index contributed by atoms with van der Waals surface area (Å²) in [6, 6.07) is 0. The summed E-state index contributed by atoms with van der Waals surface area (Å²) in [4.78, 5) is 11.0. The maximum Gasteiger partial charge on any atom is 0.242 e. The summed E-state index contributed by atoms with van der Waals surface area (Å²) in [6.07, 6.45) is 7.43. The minimum atomic E-state index is -0.691. The molecule has 0 aliphatic heterocycles. The molecule has 0 bridgehead atoms. The van der Waals surface area contributed by atoms with E-state index in [1.165, 1.54) is 0 Å². The molecule has 11 heavy (non-hydrogen) atoms. The van der Waals surface area contributed by atoms with Gasteiger partial charge in [0, 0.05) is 5.92 Å². The molecule has 1 nitrogen and oxygen atoms in total. The summed E-state index contributed by atoms with van der Waals surface area (Å²) in [5.74, 6) is 0.109. The lowest BCUT2D eigenvalue weighted by Crippen LogP contribution is -2.33. The van der Waals surface area contributed by atoms with Crippen LogP contribution in [-0.2, 0) is 4.79 Å². The lowest BCUT2D eigenvalue weighted by atomic mass is 9.91. The second kappa shape index (κ2) is 3.11. The highest BCUT2D eigenvalue weighted by atomic mass is 79.9. The molecule has 0 amide bonds. The van der Waals surface area contributed by atoms with Gasteiger partial charge in [0.1, 0.15) is 4.32 Å². The average Bonchev–Trinajstić information content (AvgIpc) is 1.95. The largest absolute Gasteiger partial charge is 0.279 e. The Kier molecular flexibility index (Phi) is 2.55. The zero-order valence-electron chi connectivity index (χ0n) is 6.05. The Morgan fingerprint density at radius 1 is 1.64 bits per heavy atom. The van der Waals surface area contributed by atoms with Crippen LogP contribution in [0.5, 0.6) is 0 Å². The van der Waals surface area contributed by atoms with E-state index in [1.54, 1.807) is 6.08 Å². The minimum absolute atomic E-state index is 0.109. The number of alkyl halides is 1. The van der Waals surface area contributed by atoms with Gasteiger partial charge in [-0.15, -0.1) is 0 Å². The van der Waals surface area contributed by atoms with Gasteiger partial charge in [-0.1, -0.05) is 47.2 Å². The van der Waals surface area contributed by atoms with Gasteiger partial charge in [-0.3, -0.25) is 4.79 Å². The molecule has 1 aliphatic rings. The highest BCUT2D eigenvalue weighted by Crippen LogP contribution is 2.35. The van der Waals surface area contributed by atoms with Crippen molar-refractivity contribution in [2.45, 2.75) is 11.2 Å². The van der Waals surface area contributed by atoms with Gasteiger partial charge in [0.05, 0.1) is 0 Å². The summed E-state index contributed by atoms with van der Waals surface area (Å²) >= 11 is 8.73. The number of allylic oxidation sites excluding steroid dienone is 4. The van der Waals surface area contributed by atoms with Crippen molar-refractivity contribution >= 4 is 32.8 Å². The predicted molar refractivity (Wildman–Crippen MR) is 50.0 cm³/mol. The smallest absolute Gasteiger partial charge is 0.242 e. The first-order valence-electron chi connectivity index (χ1n) is 3.32. The van der Waals surface area contributed by atoms with Crippen molar-refractivity contribution < 1.29 is 4.79 Å². The molecule has 0 aromatic heterocycles. The Morgan fingerprint density at radius 3 is 2.64 bits per heavy atom. The molecule has 1 aliphatic carbocycles. The molecule has 0 aromatic rings. The summed E-state index contributed by atoms with van der Waals surface area (Å²) in [5, 5.41) is -0.370. The van der Waals surface area contributed by atoms with Crippen molar-refractivity contribution in [2.75, 3.05) is 0 Å². The number of halogens is 2. The Hall–Kier alpha value is -0.0800. The van der Waals surface area contributed by atoms with Gasteiger partial charge >= 0.3 is 0 Å². The molecule has 0 saturated carbocycles. The molecular formula is C8H8BrClO. The van der Waals surface area contributed by atoms with Crippen molar-refractivity contribution in [3.05, 3.63) is 24.3 Å². The van der Waals surface area contributed by atoms with E-state index in [4.69, 9.17) is 11.6 Å². The van der Waals surface area contributed by atoms with Gasteiger partial charge in [0.2, 0.25) is 5.24 Å². The van der Waals surface area contributed by atoms with E-state index >= 15 is 0 Å². The van der Waals surface area contributed by atoms with Gasteiger partial charge < -0.3 is 0 Å². The number of carbonyl (C=O) groups excluding carboxylic acids is 1. The molecule has 1 rings (SSSR count). The summed E-state index contributed by atoms with van der Waals surface area (Å²) < 4.78 is -0.691. The van der Waals surface area contributed by atoms with Crippen LogP contribution in [0.3, 0.4) is 0 Å². The Bertz CT molecular complexity index is 234. The van der Waals surface area contributed by atoms with Crippen molar-refractivity contribution in [3.8, 4) is 0 Å². The zero-order chi connectivity index (χ0) is 8.48. The monoisotopic (exact) mass is 234 g/mol. The third kappa shape index (κ3) is 1.57. The minimum Gasteiger partial charge on any atom is -0.279 e. The highest BCUT2D eigenvalue weighted by Gasteiger charge is 2.36. The maximum atomic E-state index is 11.0. The third-order valence-electron chi connectivity index (χ3n) is 1.81. The molecule has 0 N–H and O–H groups in total. The molecular weight excluding hydrogens is 227 g/mol. The fraction of sp³-hybridized carbons (Fsp3) is 0.375. The van der Waals surface area contributed by atoms with E-state index in [2.05, 4.69) is 15.9 Å². The summed E-state index contributed by atoms with van der Waals surface area (Å²) in [5.41, 5.74) is 0. The van der Waals surface area contributed by atoms with Crippen LogP contribution in [0, 0.1) is 5.92 Å². The highest BCUT2D eigenvalue weighted by molar-refractivity contribution is 9.10. The molecule has 0 saturated heterocycles. The van der Waals surface area contributed by atoms with Crippen molar-refractivity contribution in [3.63, 3.8) is 0 Å². The molecule has 60 valence electrons. The van der Waals surface area contributed by atoms with E-state index < -0.39 is 4.32 Å². The van der Waals surface area contributed by atoms with Gasteiger partial charge in [0.15, 0.2) is 0 Å². The number of rotatable bonds is 1. The van der Waals surface area contributed by atoms with Crippen LogP contribution < -0.4 is 0 Å². The molecule has 0 spiro atoms.